The zero-order chi connectivity index (χ0) is 9.80. The lowest BCUT2D eigenvalue weighted by Gasteiger charge is -2.01. The first-order chi connectivity index (χ1) is 6.90. The van der Waals surface area contributed by atoms with Crippen LogP contribution in [0, 0.1) is 0 Å². The van der Waals surface area contributed by atoms with Crippen molar-refractivity contribution < 1.29 is 2.96 Å². The zero-order valence-electron chi connectivity index (χ0n) is 8.19. The lowest BCUT2D eigenvalue weighted by Crippen LogP contribution is -2.07. The Morgan fingerprint density at radius 2 is 1.27 bits per heavy atom. The summed E-state index contributed by atoms with van der Waals surface area (Å²) in [6.07, 6.45) is 0. The number of hydrogen-bond donors (Lipinski definition) is 0. The van der Waals surface area contributed by atoms with Crippen molar-refractivity contribution in [3.05, 3.63) is 54.6 Å². The van der Waals surface area contributed by atoms with Crippen LogP contribution in [0.15, 0.2) is 54.6 Å². The van der Waals surface area contributed by atoms with Crippen molar-refractivity contribution in [2.24, 2.45) is 0 Å². The van der Waals surface area contributed by atoms with Crippen molar-refractivity contribution in [1.82, 2.24) is 0 Å². The zero-order valence-corrected chi connectivity index (χ0v) is 11.3. The fraction of sp³-hybridized carbons (Fsp3) is 0. The van der Waals surface area contributed by atoms with Gasteiger partial charge in [-0.2, -0.15) is 0 Å². The highest BCUT2D eigenvalue weighted by atomic mass is 79.9. The smallest absolute Gasteiger partial charge is 0.475 e. The molecule has 0 saturated carbocycles. The van der Waals surface area contributed by atoms with Crippen LogP contribution in [0.2, 0.25) is 0 Å². The van der Waals surface area contributed by atoms with E-state index < -0.39 is 20.9 Å². The number of benzene rings is 2. The minimum absolute atomic E-state index is 0. The van der Waals surface area contributed by atoms with E-state index in [-0.39, 0.29) is 17.0 Å². The molecule has 0 saturated heterocycles. The molecule has 74 valence electrons. The highest BCUT2D eigenvalue weighted by Crippen LogP contribution is 2.16. The quantitative estimate of drug-likeness (QED) is 0.740. The molecule has 2 aromatic carbocycles. The monoisotopic (exact) mass is 276 g/mol. The van der Waals surface area contributed by atoms with Crippen molar-refractivity contribution in [2.45, 2.75) is 0 Å². The van der Waals surface area contributed by atoms with Gasteiger partial charge in [0.05, 0.1) is 0 Å². The van der Waals surface area contributed by atoms with Gasteiger partial charge in [0.2, 0.25) is 0 Å². The summed E-state index contributed by atoms with van der Waals surface area (Å²) >= 11 is -1.50. The normalized spacial score (nSPS) is 8.87. The first-order valence-electron chi connectivity index (χ1n) is 4.60. The lowest BCUT2D eigenvalue weighted by molar-refractivity contribution is 0.885. The first-order valence-corrected chi connectivity index (χ1v) is 5.84. The minimum atomic E-state index is -1.50. The second-order valence-corrected chi connectivity index (χ2v) is 4.28. The van der Waals surface area contributed by atoms with E-state index in [1.807, 2.05) is 42.5 Å². The van der Waals surface area contributed by atoms with E-state index >= 15 is 0 Å². The van der Waals surface area contributed by atoms with Gasteiger partial charge in [0, 0.05) is 0 Å². The van der Waals surface area contributed by atoms with Crippen LogP contribution in [0.5, 0.6) is 0 Å². The minimum Gasteiger partial charge on any atom is -0.475 e. The van der Waals surface area contributed by atoms with Gasteiger partial charge in [-0.15, -0.1) is 20.7 Å². The Morgan fingerprint density at radius 3 is 1.80 bits per heavy atom. The summed E-state index contributed by atoms with van der Waals surface area (Å²) in [5.41, 5.74) is 2.33. The summed E-state index contributed by atoms with van der Waals surface area (Å²) in [6, 6.07) is 17.9. The third-order valence-corrected chi connectivity index (χ3v) is 3.00. The Morgan fingerprint density at radius 1 is 0.733 bits per heavy atom. The molecule has 2 rings (SSSR count). The summed E-state index contributed by atoms with van der Waals surface area (Å²) in [5, 5.41) is 0. The molecule has 0 atom stereocenters. The Kier molecular flexibility index (Phi) is 5.29. The maximum atomic E-state index is 12.4. The third kappa shape index (κ3) is 3.29. The lowest BCUT2D eigenvalue weighted by atomic mass is 10.1. The molecule has 0 spiro atoms. The number of halogens is 2. The van der Waals surface area contributed by atoms with Gasteiger partial charge in [0.15, 0.2) is 0 Å². The van der Waals surface area contributed by atoms with Crippen LogP contribution in [0.3, 0.4) is 0 Å². The number of hydrogen-bond acceptors (Lipinski definition) is 0. The predicted octanol–water partition coefficient (Wildman–Crippen LogP) is 3.15. The molecule has 3 heteroatoms. The van der Waals surface area contributed by atoms with Gasteiger partial charge in [-0.3, -0.25) is 0 Å². The van der Waals surface area contributed by atoms with Gasteiger partial charge in [-0.1, -0.05) is 54.6 Å². The summed E-state index contributed by atoms with van der Waals surface area (Å²) in [4.78, 5) is 0. The van der Waals surface area contributed by atoms with E-state index in [0.717, 1.165) is 9.26 Å². The van der Waals surface area contributed by atoms with Crippen LogP contribution >= 0.6 is 17.0 Å². The molecule has 0 aliphatic heterocycles. The predicted molar refractivity (Wildman–Crippen MR) is 68.7 cm³/mol. The van der Waals surface area contributed by atoms with Gasteiger partial charge < -0.3 is 2.96 Å². The van der Waals surface area contributed by atoms with E-state index in [1.54, 1.807) is 0 Å². The van der Waals surface area contributed by atoms with Crippen LogP contribution in [0.25, 0.3) is 11.1 Å². The van der Waals surface area contributed by atoms with Crippen molar-refractivity contribution >= 4 is 41.6 Å². The van der Waals surface area contributed by atoms with E-state index in [2.05, 4.69) is 12.1 Å². The third-order valence-electron chi connectivity index (χ3n) is 2.22. The van der Waals surface area contributed by atoms with E-state index in [0.29, 0.717) is 0 Å². The first kappa shape index (κ1) is 12.7. The van der Waals surface area contributed by atoms with Crippen molar-refractivity contribution in [3.8, 4) is 11.1 Å². The molecule has 0 fully saturated rings. The molecule has 0 aliphatic carbocycles. The number of rotatable bonds is 2. The Hall–Kier alpha value is -0.384. The molecule has 0 N–H and O–H groups in total. The molecule has 0 bridgehead atoms. The van der Waals surface area contributed by atoms with E-state index in [1.165, 1.54) is 5.56 Å². The van der Waals surface area contributed by atoms with E-state index in [9.17, 15) is 2.96 Å². The summed E-state index contributed by atoms with van der Waals surface area (Å²) in [7, 11) is 0. The molecule has 2 aromatic rings. The molecule has 0 aromatic heterocycles. The van der Waals surface area contributed by atoms with Gasteiger partial charge >= 0.3 is 20.9 Å². The average molecular weight is 277 g/mol. The molecular formula is C12H10BrFMg. The SMILES string of the molecule is Br.[F][Mg][c]1ccc(-c2ccccc2)cc1. The molecule has 0 amide bonds. The van der Waals surface area contributed by atoms with Crippen molar-refractivity contribution in [3.63, 3.8) is 0 Å². The second-order valence-electron chi connectivity index (χ2n) is 3.20. The van der Waals surface area contributed by atoms with Gasteiger partial charge in [-0.05, 0) is 11.1 Å². The fourth-order valence-corrected chi connectivity index (χ4v) is 1.83. The Bertz CT molecular complexity index is 400. The molecule has 0 unspecified atom stereocenters. The Balaban J connectivity index is 0.00000112. The molecule has 0 radical (unpaired) electrons. The highest BCUT2D eigenvalue weighted by Gasteiger charge is 1.99. The standard InChI is InChI=1S/C12H9.BrH.FH.Mg/c1-3-7-11(8-4-1)12-9-5-2-6-10-12;;;/h1,3-10H;2*1H;/q;;;+1/p-1. The highest BCUT2D eigenvalue weighted by molar-refractivity contribution is 8.93. The molecule has 0 nitrogen and oxygen atoms in total. The van der Waals surface area contributed by atoms with Crippen molar-refractivity contribution in [1.29, 1.82) is 0 Å². The molecule has 0 heterocycles. The maximum absolute atomic E-state index is 12.4. The second kappa shape index (κ2) is 6.25. The maximum Gasteiger partial charge on any atom is 0.652 e. The largest absolute Gasteiger partial charge is 0.652 e. The molecular weight excluding hydrogens is 267 g/mol. The molecule has 0 aliphatic rings. The topological polar surface area (TPSA) is 0 Å². The van der Waals surface area contributed by atoms with E-state index in [4.69, 9.17) is 0 Å². The van der Waals surface area contributed by atoms with Crippen LogP contribution in [0.1, 0.15) is 0 Å². The fourth-order valence-electron chi connectivity index (χ4n) is 1.42. The van der Waals surface area contributed by atoms with Crippen LogP contribution in [-0.4, -0.2) is 20.9 Å². The molecule has 15 heavy (non-hydrogen) atoms. The van der Waals surface area contributed by atoms with Crippen LogP contribution < -0.4 is 3.69 Å². The summed E-state index contributed by atoms with van der Waals surface area (Å²) in [6.45, 7) is 0. The summed E-state index contributed by atoms with van der Waals surface area (Å²) in [5.74, 6) is 0. The van der Waals surface area contributed by atoms with Crippen LogP contribution in [-0.2, 0) is 0 Å². The van der Waals surface area contributed by atoms with Gasteiger partial charge in [0.25, 0.3) is 0 Å². The van der Waals surface area contributed by atoms with Crippen molar-refractivity contribution in [2.75, 3.05) is 0 Å². The van der Waals surface area contributed by atoms with Gasteiger partial charge in [-0.25, -0.2) is 0 Å². The summed E-state index contributed by atoms with van der Waals surface area (Å²) < 4.78 is 13.3. The average Bonchev–Trinajstić information content (AvgIpc) is 2.30. The Labute approximate surface area is 110 Å². The van der Waals surface area contributed by atoms with Crippen LogP contribution in [0.4, 0.5) is 2.96 Å². The van der Waals surface area contributed by atoms with Gasteiger partial charge in [0.1, 0.15) is 0 Å².